The van der Waals surface area contributed by atoms with Gasteiger partial charge in [0.1, 0.15) is 11.4 Å². The lowest BCUT2D eigenvalue weighted by molar-refractivity contribution is -0.139. The normalized spacial score (nSPS) is 16.7. The standard InChI is InChI=1S/C20H23N3O4/c1-11-15(16(24)22-19(21-11)20(2,3)4)17(25)23-9-12-7-5-6-8-13(12)14(10-23)18(26)27/h5-8,14H,9-10H2,1-4H3,(H,26,27)(H,21,22,24). The van der Waals surface area contributed by atoms with Gasteiger partial charge < -0.3 is 15.0 Å². The van der Waals surface area contributed by atoms with Crippen molar-refractivity contribution in [3.8, 4) is 0 Å². The second-order valence-corrected chi connectivity index (χ2v) is 7.90. The number of rotatable bonds is 2. The molecule has 0 fully saturated rings. The van der Waals surface area contributed by atoms with Crippen LogP contribution < -0.4 is 5.56 Å². The molecule has 1 amide bonds. The van der Waals surface area contributed by atoms with Crippen LogP contribution in [0.25, 0.3) is 0 Å². The number of carbonyl (C=O) groups excluding carboxylic acids is 1. The third kappa shape index (κ3) is 3.49. The molecule has 0 saturated heterocycles. The third-order valence-electron chi connectivity index (χ3n) is 4.80. The lowest BCUT2D eigenvalue weighted by Gasteiger charge is -2.33. The van der Waals surface area contributed by atoms with E-state index < -0.39 is 23.4 Å². The number of nitrogens with one attached hydrogen (secondary N) is 1. The number of aryl methyl sites for hydroxylation is 1. The van der Waals surface area contributed by atoms with Crippen molar-refractivity contribution in [1.82, 2.24) is 14.9 Å². The Hall–Kier alpha value is -2.96. The first-order valence-corrected chi connectivity index (χ1v) is 8.81. The molecule has 2 N–H and O–H groups in total. The van der Waals surface area contributed by atoms with Gasteiger partial charge in [-0.25, -0.2) is 4.98 Å². The highest BCUT2D eigenvalue weighted by molar-refractivity contribution is 5.95. The van der Waals surface area contributed by atoms with Crippen molar-refractivity contribution in [3.63, 3.8) is 0 Å². The average Bonchev–Trinajstić information content (AvgIpc) is 2.59. The first-order chi connectivity index (χ1) is 12.6. The maximum atomic E-state index is 13.1. The molecule has 7 nitrogen and oxygen atoms in total. The predicted molar refractivity (Wildman–Crippen MR) is 99.9 cm³/mol. The Morgan fingerprint density at radius 2 is 1.93 bits per heavy atom. The molecule has 1 aliphatic heterocycles. The summed E-state index contributed by atoms with van der Waals surface area (Å²) in [5.41, 5.74) is 0.942. The molecule has 2 heterocycles. The van der Waals surface area contributed by atoms with Crippen LogP contribution in [0.1, 0.15) is 59.7 Å². The Morgan fingerprint density at radius 1 is 1.26 bits per heavy atom. The van der Waals surface area contributed by atoms with Gasteiger partial charge in [0.2, 0.25) is 0 Å². The molecule has 27 heavy (non-hydrogen) atoms. The molecule has 3 rings (SSSR count). The molecule has 0 spiro atoms. The molecule has 142 valence electrons. The summed E-state index contributed by atoms with van der Waals surface area (Å²) in [5.74, 6) is -1.80. The molecule has 1 aliphatic rings. The van der Waals surface area contributed by atoms with Gasteiger partial charge in [0.15, 0.2) is 0 Å². The number of hydrogen-bond acceptors (Lipinski definition) is 4. The third-order valence-corrected chi connectivity index (χ3v) is 4.80. The van der Waals surface area contributed by atoms with Gasteiger partial charge in [-0.2, -0.15) is 0 Å². The van der Waals surface area contributed by atoms with E-state index in [4.69, 9.17) is 0 Å². The molecule has 1 aromatic heterocycles. The van der Waals surface area contributed by atoms with E-state index in [0.29, 0.717) is 17.1 Å². The van der Waals surface area contributed by atoms with Crippen molar-refractivity contribution in [1.29, 1.82) is 0 Å². The fourth-order valence-corrected chi connectivity index (χ4v) is 3.32. The van der Waals surface area contributed by atoms with Gasteiger partial charge in [-0.15, -0.1) is 0 Å². The van der Waals surface area contributed by atoms with E-state index in [-0.39, 0.29) is 24.1 Å². The number of hydrogen-bond donors (Lipinski definition) is 2. The Bertz CT molecular complexity index is 972. The van der Waals surface area contributed by atoms with Crippen molar-refractivity contribution >= 4 is 11.9 Å². The van der Waals surface area contributed by atoms with E-state index in [0.717, 1.165) is 5.56 Å². The molecule has 1 atom stereocenters. The SMILES string of the molecule is Cc1nc(C(C)(C)C)[nH]c(=O)c1C(=O)N1Cc2ccccc2C(C(=O)O)C1. The van der Waals surface area contributed by atoms with Crippen molar-refractivity contribution in [2.24, 2.45) is 0 Å². The topological polar surface area (TPSA) is 103 Å². The number of H-pyrrole nitrogens is 1. The largest absolute Gasteiger partial charge is 0.481 e. The number of benzene rings is 1. The average molecular weight is 369 g/mol. The van der Waals surface area contributed by atoms with Crippen molar-refractivity contribution in [3.05, 3.63) is 62.8 Å². The molecular formula is C20H23N3O4. The van der Waals surface area contributed by atoms with Crippen LogP contribution in [0, 0.1) is 6.92 Å². The Kier molecular flexibility index (Phi) is 4.63. The van der Waals surface area contributed by atoms with Gasteiger partial charge in [-0.3, -0.25) is 14.4 Å². The number of carboxylic acid groups (broad SMARTS) is 1. The summed E-state index contributed by atoms with van der Waals surface area (Å²) in [7, 11) is 0. The highest BCUT2D eigenvalue weighted by atomic mass is 16.4. The molecule has 7 heteroatoms. The van der Waals surface area contributed by atoms with Gasteiger partial charge in [-0.05, 0) is 18.1 Å². The minimum atomic E-state index is -0.994. The van der Waals surface area contributed by atoms with Gasteiger partial charge >= 0.3 is 5.97 Å². The zero-order chi connectivity index (χ0) is 19.9. The van der Waals surface area contributed by atoms with Crippen molar-refractivity contribution in [2.75, 3.05) is 6.54 Å². The Morgan fingerprint density at radius 3 is 2.52 bits per heavy atom. The van der Waals surface area contributed by atoms with Crippen molar-refractivity contribution < 1.29 is 14.7 Å². The molecule has 1 aromatic carbocycles. The molecular weight excluding hydrogens is 346 g/mol. The molecule has 1 unspecified atom stereocenters. The number of aliphatic carboxylic acids is 1. The number of aromatic amines is 1. The van der Waals surface area contributed by atoms with Gasteiger partial charge in [0.25, 0.3) is 11.5 Å². The van der Waals surface area contributed by atoms with E-state index in [9.17, 15) is 19.5 Å². The number of amides is 1. The summed E-state index contributed by atoms with van der Waals surface area (Å²) in [4.78, 5) is 45.9. The lowest BCUT2D eigenvalue weighted by atomic mass is 9.89. The predicted octanol–water partition coefficient (Wildman–Crippen LogP) is 2.20. The summed E-state index contributed by atoms with van der Waals surface area (Å²) < 4.78 is 0. The zero-order valence-corrected chi connectivity index (χ0v) is 15.9. The number of carbonyl (C=O) groups is 2. The maximum absolute atomic E-state index is 13.1. The first kappa shape index (κ1) is 18.8. The van der Waals surface area contributed by atoms with Crippen LogP contribution in [-0.4, -0.2) is 38.4 Å². The summed E-state index contributed by atoms with van der Waals surface area (Å²) >= 11 is 0. The number of carboxylic acids is 1. The van der Waals surface area contributed by atoms with Gasteiger partial charge in [0, 0.05) is 18.5 Å². The maximum Gasteiger partial charge on any atom is 0.312 e. The van der Waals surface area contributed by atoms with E-state index in [1.54, 1.807) is 19.1 Å². The summed E-state index contributed by atoms with van der Waals surface area (Å²) in [6.45, 7) is 7.68. The highest BCUT2D eigenvalue weighted by Gasteiger charge is 2.34. The quantitative estimate of drug-likeness (QED) is 0.845. The smallest absolute Gasteiger partial charge is 0.312 e. The van der Waals surface area contributed by atoms with Gasteiger partial charge in [0.05, 0.1) is 11.6 Å². The summed E-state index contributed by atoms with van der Waals surface area (Å²) in [6, 6.07) is 7.18. The van der Waals surface area contributed by atoms with E-state index in [1.807, 2.05) is 32.9 Å². The van der Waals surface area contributed by atoms with Crippen LogP contribution in [0.2, 0.25) is 0 Å². The fraction of sp³-hybridized carbons (Fsp3) is 0.400. The minimum absolute atomic E-state index is 0.0189. The lowest BCUT2D eigenvalue weighted by Crippen LogP contribution is -2.43. The first-order valence-electron chi connectivity index (χ1n) is 8.81. The molecule has 2 aromatic rings. The molecule has 0 aliphatic carbocycles. The number of fused-ring (bicyclic) bond motifs is 1. The summed E-state index contributed by atoms with van der Waals surface area (Å²) in [6.07, 6.45) is 0. The highest BCUT2D eigenvalue weighted by Crippen LogP contribution is 2.29. The fourth-order valence-electron chi connectivity index (χ4n) is 3.32. The van der Waals surface area contributed by atoms with Crippen LogP contribution in [-0.2, 0) is 16.8 Å². The van der Waals surface area contributed by atoms with Crippen LogP contribution in [0.15, 0.2) is 29.1 Å². The second kappa shape index (κ2) is 6.64. The number of nitrogens with zero attached hydrogens (tertiary/aromatic N) is 2. The van der Waals surface area contributed by atoms with Crippen molar-refractivity contribution in [2.45, 2.75) is 45.6 Å². The molecule has 0 radical (unpaired) electrons. The summed E-state index contributed by atoms with van der Waals surface area (Å²) in [5, 5.41) is 9.57. The Labute approximate surface area is 157 Å². The minimum Gasteiger partial charge on any atom is -0.481 e. The van der Waals surface area contributed by atoms with E-state index in [2.05, 4.69) is 9.97 Å². The monoisotopic (exact) mass is 369 g/mol. The Balaban J connectivity index is 2.00. The van der Waals surface area contributed by atoms with Gasteiger partial charge in [-0.1, -0.05) is 45.0 Å². The van der Waals surface area contributed by atoms with Crippen LogP contribution in [0.5, 0.6) is 0 Å². The van der Waals surface area contributed by atoms with E-state index in [1.165, 1.54) is 4.90 Å². The van der Waals surface area contributed by atoms with Crippen LogP contribution >= 0.6 is 0 Å². The second-order valence-electron chi connectivity index (χ2n) is 7.90. The van der Waals surface area contributed by atoms with Crippen LogP contribution in [0.4, 0.5) is 0 Å². The van der Waals surface area contributed by atoms with E-state index >= 15 is 0 Å². The van der Waals surface area contributed by atoms with Crippen LogP contribution in [0.3, 0.4) is 0 Å². The number of aromatic nitrogens is 2. The molecule has 0 bridgehead atoms. The molecule has 0 saturated carbocycles. The zero-order valence-electron chi connectivity index (χ0n) is 15.9.